The van der Waals surface area contributed by atoms with Gasteiger partial charge in [-0.25, -0.2) is 0 Å². The van der Waals surface area contributed by atoms with Crippen LogP contribution in [0.3, 0.4) is 0 Å². The standard InChI is InChI=1S/C18H26N4O2S/c1-11-21-22-17(25-11)20-15(23)3-2-4-19-16(24)18-8-12-5-13(9-18)7-14(6-12)10-18/h12-14H,2-10H2,1H3,(H,19,24)(H,20,22,23). The summed E-state index contributed by atoms with van der Waals surface area (Å²) in [5.41, 5.74) is -0.0961. The summed E-state index contributed by atoms with van der Waals surface area (Å²) in [5.74, 6) is 2.50. The monoisotopic (exact) mass is 362 g/mol. The van der Waals surface area contributed by atoms with Crippen molar-refractivity contribution in [2.24, 2.45) is 23.2 Å². The lowest BCUT2D eigenvalue weighted by Gasteiger charge is -2.55. The summed E-state index contributed by atoms with van der Waals surface area (Å²) in [7, 11) is 0. The molecule has 4 fully saturated rings. The number of hydrogen-bond acceptors (Lipinski definition) is 5. The minimum Gasteiger partial charge on any atom is -0.356 e. The Labute approximate surface area is 152 Å². The molecule has 4 aliphatic rings. The fraction of sp³-hybridized carbons (Fsp3) is 0.778. The van der Waals surface area contributed by atoms with Gasteiger partial charge in [0, 0.05) is 18.4 Å². The van der Waals surface area contributed by atoms with Crippen LogP contribution in [0.1, 0.15) is 56.4 Å². The van der Waals surface area contributed by atoms with Crippen molar-refractivity contribution in [3.63, 3.8) is 0 Å². The average Bonchev–Trinajstić information content (AvgIpc) is 2.95. The molecule has 7 heteroatoms. The fourth-order valence-electron chi connectivity index (χ4n) is 5.56. The number of nitrogens with zero attached hydrogens (tertiary/aromatic N) is 2. The van der Waals surface area contributed by atoms with Crippen LogP contribution in [0.15, 0.2) is 0 Å². The molecule has 4 aliphatic carbocycles. The second-order valence-corrected chi connectivity index (χ2v) is 9.41. The summed E-state index contributed by atoms with van der Waals surface area (Å²) in [6, 6.07) is 0. The van der Waals surface area contributed by atoms with Crippen LogP contribution in [0.25, 0.3) is 0 Å². The third-order valence-corrected chi connectivity index (χ3v) is 6.91. The molecule has 5 rings (SSSR count). The van der Waals surface area contributed by atoms with Crippen LogP contribution in [0, 0.1) is 30.1 Å². The van der Waals surface area contributed by atoms with Gasteiger partial charge in [-0.2, -0.15) is 0 Å². The molecular weight excluding hydrogens is 336 g/mol. The van der Waals surface area contributed by atoms with E-state index in [0.717, 1.165) is 42.0 Å². The number of anilines is 1. The van der Waals surface area contributed by atoms with E-state index in [-0.39, 0.29) is 17.2 Å². The van der Waals surface area contributed by atoms with E-state index in [9.17, 15) is 9.59 Å². The largest absolute Gasteiger partial charge is 0.356 e. The van der Waals surface area contributed by atoms with Crippen molar-refractivity contribution < 1.29 is 9.59 Å². The normalized spacial score (nSPS) is 32.6. The van der Waals surface area contributed by atoms with Gasteiger partial charge in [0.05, 0.1) is 0 Å². The SMILES string of the molecule is Cc1nnc(NC(=O)CCCNC(=O)C23CC4CC(CC(C4)C2)C3)s1. The van der Waals surface area contributed by atoms with E-state index in [0.29, 0.717) is 24.5 Å². The van der Waals surface area contributed by atoms with Gasteiger partial charge in [0.1, 0.15) is 5.01 Å². The summed E-state index contributed by atoms with van der Waals surface area (Å²) in [4.78, 5) is 24.7. The first kappa shape index (κ1) is 16.9. The van der Waals surface area contributed by atoms with Crippen LogP contribution in [0.2, 0.25) is 0 Å². The zero-order chi connectivity index (χ0) is 17.4. The Bertz CT molecular complexity index is 637. The minimum absolute atomic E-state index is 0.0693. The molecule has 25 heavy (non-hydrogen) atoms. The zero-order valence-electron chi connectivity index (χ0n) is 14.7. The lowest BCUT2D eigenvalue weighted by molar-refractivity contribution is -0.146. The molecule has 0 spiro atoms. The topological polar surface area (TPSA) is 84.0 Å². The third-order valence-electron chi connectivity index (χ3n) is 6.16. The van der Waals surface area contributed by atoms with Gasteiger partial charge in [-0.3, -0.25) is 9.59 Å². The maximum absolute atomic E-state index is 12.8. The van der Waals surface area contributed by atoms with Crippen LogP contribution < -0.4 is 10.6 Å². The maximum Gasteiger partial charge on any atom is 0.226 e. The van der Waals surface area contributed by atoms with Crippen molar-refractivity contribution in [3.8, 4) is 0 Å². The number of nitrogens with one attached hydrogen (secondary N) is 2. The first-order valence-electron chi connectivity index (χ1n) is 9.41. The van der Waals surface area contributed by atoms with Gasteiger partial charge in [0.2, 0.25) is 16.9 Å². The number of aromatic nitrogens is 2. The number of aryl methyl sites for hydroxylation is 1. The lowest BCUT2D eigenvalue weighted by Crippen LogP contribution is -2.53. The Balaban J connectivity index is 1.21. The Morgan fingerprint density at radius 1 is 1.12 bits per heavy atom. The Hall–Kier alpha value is -1.50. The number of amides is 2. The molecule has 136 valence electrons. The van der Waals surface area contributed by atoms with Gasteiger partial charge in [-0.05, 0) is 69.6 Å². The third kappa shape index (κ3) is 3.57. The number of rotatable bonds is 6. The van der Waals surface area contributed by atoms with E-state index in [1.807, 2.05) is 6.92 Å². The van der Waals surface area contributed by atoms with Gasteiger partial charge in [-0.1, -0.05) is 11.3 Å². The quantitative estimate of drug-likeness (QED) is 0.762. The van der Waals surface area contributed by atoms with E-state index >= 15 is 0 Å². The number of carbonyl (C=O) groups is 2. The molecule has 0 radical (unpaired) electrons. The summed E-state index contributed by atoms with van der Waals surface area (Å²) in [6.45, 7) is 2.43. The lowest BCUT2D eigenvalue weighted by atomic mass is 9.49. The van der Waals surface area contributed by atoms with Crippen molar-refractivity contribution >= 4 is 28.3 Å². The van der Waals surface area contributed by atoms with Gasteiger partial charge < -0.3 is 10.6 Å². The maximum atomic E-state index is 12.8. The molecule has 1 heterocycles. The van der Waals surface area contributed by atoms with Crippen molar-refractivity contribution in [1.29, 1.82) is 0 Å². The highest BCUT2D eigenvalue weighted by molar-refractivity contribution is 7.15. The molecule has 0 saturated heterocycles. The summed E-state index contributed by atoms with van der Waals surface area (Å²) < 4.78 is 0. The molecule has 6 nitrogen and oxygen atoms in total. The van der Waals surface area contributed by atoms with Crippen LogP contribution in [-0.2, 0) is 9.59 Å². The molecule has 4 bridgehead atoms. The van der Waals surface area contributed by atoms with Crippen molar-refractivity contribution in [3.05, 3.63) is 5.01 Å². The van der Waals surface area contributed by atoms with E-state index in [1.54, 1.807) is 0 Å². The molecule has 1 aromatic heterocycles. The van der Waals surface area contributed by atoms with Gasteiger partial charge in [0.15, 0.2) is 0 Å². The molecule has 4 saturated carbocycles. The van der Waals surface area contributed by atoms with Crippen molar-refractivity contribution in [2.45, 2.75) is 58.3 Å². The minimum atomic E-state index is -0.0961. The number of carbonyl (C=O) groups excluding carboxylic acids is 2. The number of hydrogen-bond donors (Lipinski definition) is 2. The molecule has 0 atom stereocenters. The summed E-state index contributed by atoms with van der Waals surface area (Å²) >= 11 is 1.37. The second-order valence-electron chi connectivity index (χ2n) is 8.23. The fourth-order valence-corrected chi connectivity index (χ4v) is 6.16. The highest BCUT2D eigenvalue weighted by atomic mass is 32.1. The second kappa shape index (κ2) is 6.67. The molecule has 2 amide bonds. The smallest absolute Gasteiger partial charge is 0.226 e. The molecule has 0 aliphatic heterocycles. The van der Waals surface area contributed by atoms with E-state index in [2.05, 4.69) is 20.8 Å². The van der Waals surface area contributed by atoms with Crippen LogP contribution in [0.5, 0.6) is 0 Å². The van der Waals surface area contributed by atoms with Gasteiger partial charge >= 0.3 is 0 Å². The van der Waals surface area contributed by atoms with Crippen LogP contribution in [0.4, 0.5) is 5.13 Å². The zero-order valence-corrected chi connectivity index (χ0v) is 15.5. The summed E-state index contributed by atoms with van der Waals surface area (Å²) in [6.07, 6.45) is 8.33. The molecular formula is C18H26N4O2S. The first-order valence-corrected chi connectivity index (χ1v) is 10.2. The van der Waals surface area contributed by atoms with Crippen LogP contribution >= 0.6 is 11.3 Å². The molecule has 0 aromatic carbocycles. The predicted molar refractivity (Wildman–Crippen MR) is 96.1 cm³/mol. The van der Waals surface area contributed by atoms with Gasteiger partial charge in [0.25, 0.3) is 0 Å². The van der Waals surface area contributed by atoms with E-state index in [1.165, 1.54) is 30.6 Å². The Morgan fingerprint density at radius 3 is 2.32 bits per heavy atom. The molecule has 0 unspecified atom stereocenters. The average molecular weight is 362 g/mol. The van der Waals surface area contributed by atoms with E-state index in [4.69, 9.17) is 0 Å². The predicted octanol–water partition coefficient (Wildman–Crippen LogP) is 2.90. The molecule has 2 N–H and O–H groups in total. The van der Waals surface area contributed by atoms with Crippen molar-refractivity contribution in [2.75, 3.05) is 11.9 Å². The Kier molecular flexibility index (Phi) is 4.52. The highest BCUT2D eigenvalue weighted by Gasteiger charge is 2.54. The molecule has 1 aromatic rings. The highest BCUT2D eigenvalue weighted by Crippen LogP contribution is 2.60. The van der Waals surface area contributed by atoms with Crippen LogP contribution in [-0.4, -0.2) is 28.6 Å². The first-order chi connectivity index (χ1) is 12.0. The Morgan fingerprint density at radius 2 is 1.76 bits per heavy atom. The summed E-state index contributed by atoms with van der Waals surface area (Å²) in [5, 5.41) is 15.0. The van der Waals surface area contributed by atoms with Crippen molar-refractivity contribution in [1.82, 2.24) is 15.5 Å². The van der Waals surface area contributed by atoms with Gasteiger partial charge in [-0.15, -0.1) is 10.2 Å². The van der Waals surface area contributed by atoms with E-state index < -0.39 is 0 Å².